The molecule has 0 fully saturated rings. The summed E-state index contributed by atoms with van der Waals surface area (Å²) < 4.78 is 5.50. The van der Waals surface area contributed by atoms with Crippen LogP contribution in [-0.4, -0.2) is 17.4 Å². The number of aromatic nitrogens is 1. The molecule has 3 aromatic rings. The van der Waals surface area contributed by atoms with Gasteiger partial charge in [0, 0.05) is 25.6 Å². The molecule has 0 bridgehead atoms. The van der Waals surface area contributed by atoms with Crippen LogP contribution in [0.4, 0.5) is 5.69 Å². The van der Waals surface area contributed by atoms with Crippen LogP contribution in [0, 0.1) is 6.92 Å². The molecule has 4 heteroatoms. The smallest absolute Gasteiger partial charge is 0.227 e. The number of benzene rings is 2. The van der Waals surface area contributed by atoms with Crippen molar-refractivity contribution in [3.63, 3.8) is 0 Å². The minimum absolute atomic E-state index is 0.193. The average Bonchev–Trinajstić information content (AvgIpc) is 2.98. The van der Waals surface area contributed by atoms with Crippen molar-refractivity contribution in [2.45, 2.75) is 32.6 Å². The molecule has 1 aliphatic heterocycles. The van der Waals surface area contributed by atoms with E-state index >= 15 is 0 Å². The number of amides is 1. The number of hydrogen-bond donors (Lipinski definition) is 0. The molecule has 0 unspecified atom stereocenters. The van der Waals surface area contributed by atoms with Crippen LogP contribution in [0.3, 0.4) is 0 Å². The first kappa shape index (κ1) is 14.9. The van der Waals surface area contributed by atoms with E-state index in [0.717, 1.165) is 48.2 Å². The first-order chi connectivity index (χ1) is 11.7. The quantitative estimate of drug-likeness (QED) is 0.731. The Hall–Kier alpha value is -2.62. The van der Waals surface area contributed by atoms with Crippen LogP contribution < -0.4 is 4.90 Å². The maximum atomic E-state index is 12.7. The Morgan fingerprint density at radius 2 is 2.12 bits per heavy atom. The zero-order chi connectivity index (χ0) is 16.5. The summed E-state index contributed by atoms with van der Waals surface area (Å²) in [5.74, 6) is 0.863. The molecule has 4 rings (SSSR count). The highest BCUT2D eigenvalue weighted by Crippen LogP contribution is 2.27. The van der Waals surface area contributed by atoms with Crippen LogP contribution in [0.25, 0.3) is 11.1 Å². The van der Waals surface area contributed by atoms with E-state index in [1.165, 1.54) is 5.56 Å². The van der Waals surface area contributed by atoms with E-state index in [1.807, 2.05) is 42.2 Å². The maximum absolute atomic E-state index is 12.7. The van der Waals surface area contributed by atoms with Crippen molar-refractivity contribution in [1.29, 1.82) is 0 Å². The Morgan fingerprint density at radius 1 is 1.25 bits per heavy atom. The molecule has 0 aliphatic carbocycles. The third-order valence-electron chi connectivity index (χ3n) is 4.60. The summed E-state index contributed by atoms with van der Waals surface area (Å²) in [6.45, 7) is 2.66. The van der Waals surface area contributed by atoms with Gasteiger partial charge in [0.2, 0.25) is 5.91 Å². The molecule has 1 aliphatic rings. The number of carbonyl (C=O) groups is 1. The Labute approximate surface area is 141 Å². The van der Waals surface area contributed by atoms with Crippen LogP contribution in [0.15, 0.2) is 46.9 Å². The van der Waals surface area contributed by atoms with E-state index in [2.05, 4.69) is 17.1 Å². The van der Waals surface area contributed by atoms with Crippen LogP contribution in [-0.2, 0) is 17.6 Å². The van der Waals surface area contributed by atoms with Gasteiger partial charge in [-0.2, -0.15) is 0 Å². The number of para-hydroxylation sites is 1. The van der Waals surface area contributed by atoms with E-state index in [4.69, 9.17) is 4.42 Å². The Morgan fingerprint density at radius 3 is 3.04 bits per heavy atom. The number of fused-ring (bicyclic) bond motifs is 2. The summed E-state index contributed by atoms with van der Waals surface area (Å²) in [6.07, 6.45) is 3.32. The zero-order valence-corrected chi connectivity index (χ0v) is 13.8. The van der Waals surface area contributed by atoms with Gasteiger partial charge in [0.1, 0.15) is 5.52 Å². The molecule has 24 heavy (non-hydrogen) atoms. The highest BCUT2D eigenvalue weighted by atomic mass is 16.3. The predicted octanol–water partition coefficient (Wildman–Crippen LogP) is 4.05. The van der Waals surface area contributed by atoms with Crippen molar-refractivity contribution in [3.8, 4) is 0 Å². The summed E-state index contributed by atoms with van der Waals surface area (Å²) in [4.78, 5) is 19.0. The van der Waals surface area contributed by atoms with E-state index in [9.17, 15) is 4.79 Å². The van der Waals surface area contributed by atoms with Crippen molar-refractivity contribution in [1.82, 2.24) is 4.98 Å². The normalized spacial score (nSPS) is 14.0. The SMILES string of the molecule is Cc1nc2cc(CCC(=O)N3CCCc4ccccc43)ccc2o1. The van der Waals surface area contributed by atoms with Gasteiger partial charge < -0.3 is 9.32 Å². The zero-order valence-electron chi connectivity index (χ0n) is 13.8. The van der Waals surface area contributed by atoms with E-state index in [-0.39, 0.29) is 5.91 Å². The third-order valence-corrected chi connectivity index (χ3v) is 4.60. The summed E-state index contributed by atoms with van der Waals surface area (Å²) in [5, 5.41) is 0. The lowest BCUT2D eigenvalue weighted by Gasteiger charge is -2.29. The number of anilines is 1. The molecule has 0 N–H and O–H groups in total. The van der Waals surface area contributed by atoms with Crippen molar-refractivity contribution in [2.24, 2.45) is 0 Å². The van der Waals surface area contributed by atoms with Gasteiger partial charge in [0.05, 0.1) is 0 Å². The lowest BCUT2D eigenvalue weighted by molar-refractivity contribution is -0.118. The number of rotatable bonds is 3. The molecule has 1 aromatic heterocycles. The van der Waals surface area contributed by atoms with Gasteiger partial charge in [-0.15, -0.1) is 0 Å². The van der Waals surface area contributed by atoms with Gasteiger partial charge in [0.15, 0.2) is 11.5 Å². The van der Waals surface area contributed by atoms with Gasteiger partial charge in [-0.1, -0.05) is 24.3 Å². The second-order valence-electron chi connectivity index (χ2n) is 6.31. The molecule has 4 nitrogen and oxygen atoms in total. The Kier molecular flexibility index (Phi) is 3.81. The highest BCUT2D eigenvalue weighted by Gasteiger charge is 2.21. The number of carbonyl (C=O) groups excluding carboxylic acids is 1. The minimum Gasteiger partial charge on any atom is -0.441 e. The van der Waals surface area contributed by atoms with Crippen molar-refractivity contribution in [3.05, 3.63) is 59.5 Å². The van der Waals surface area contributed by atoms with E-state index in [0.29, 0.717) is 12.3 Å². The van der Waals surface area contributed by atoms with Gasteiger partial charge in [-0.3, -0.25) is 4.79 Å². The molecule has 2 aromatic carbocycles. The standard InChI is InChI=1S/C20H20N2O2/c1-14-21-17-13-15(8-10-19(17)24-14)9-11-20(23)22-12-4-6-16-5-2-3-7-18(16)22/h2-3,5,7-8,10,13H,4,6,9,11-12H2,1H3. The van der Waals surface area contributed by atoms with Crippen LogP contribution >= 0.6 is 0 Å². The predicted molar refractivity (Wildman–Crippen MR) is 94.2 cm³/mol. The number of oxazole rings is 1. The lowest BCUT2D eigenvalue weighted by Crippen LogP contribution is -2.35. The fourth-order valence-corrected chi connectivity index (χ4v) is 3.42. The topological polar surface area (TPSA) is 46.3 Å². The molecule has 0 saturated carbocycles. The first-order valence-electron chi connectivity index (χ1n) is 8.45. The highest BCUT2D eigenvalue weighted by molar-refractivity contribution is 5.94. The van der Waals surface area contributed by atoms with Crippen LogP contribution in [0.1, 0.15) is 29.9 Å². The molecule has 0 spiro atoms. The van der Waals surface area contributed by atoms with Gasteiger partial charge in [-0.25, -0.2) is 4.98 Å². The molecule has 1 amide bonds. The Bertz CT molecular complexity index is 898. The van der Waals surface area contributed by atoms with Crippen molar-refractivity contribution < 1.29 is 9.21 Å². The van der Waals surface area contributed by atoms with E-state index in [1.54, 1.807) is 0 Å². The fourth-order valence-electron chi connectivity index (χ4n) is 3.42. The third kappa shape index (κ3) is 2.80. The van der Waals surface area contributed by atoms with Gasteiger partial charge in [-0.05, 0) is 48.6 Å². The van der Waals surface area contributed by atoms with Gasteiger partial charge >= 0.3 is 0 Å². The second-order valence-corrected chi connectivity index (χ2v) is 6.31. The maximum Gasteiger partial charge on any atom is 0.227 e. The number of hydrogen-bond acceptors (Lipinski definition) is 3. The number of aryl methyl sites for hydroxylation is 3. The second kappa shape index (κ2) is 6.11. The largest absolute Gasteiger partial charge is 0.441 e. The molecule has 0 atom stereocenters. The van der Waals surface area contributed by atoms with Crippen LogP contribution in [0.5, 0.6) is 0 Å². The van der Waals surface area contributed by atoms with Crippen molar-refractivity contribution in [2.75, 3.05) is 11.4 Å². The lowest BCUT2D eigenvalue weighted by atomic mass is 10.0. The average molecular weight is 320 g/mol. The summed E-state index contributed by atoms with van der Waals surface area (Å²) in [6, 6.07) is 14.2. The summed E-state index contributed by atoms with van der Waals surface area (Å²) >= 11 is 0. The molecule has 0 radical (unpaired) electrons. The first-order valence-corrected chi connectivity index (χ1v) is 8.45. The van der Waals surface area contributed by atoms with Crippen molar-refractivity contribution >= 4 is 22.7 Å². The summed E-state index contributed by atoms with van der Waals surface area (Å²) in [7, 11) is 0. The fraction of sp³-hybridized carbons (Fsp3) is 0.300. The minimum atomic E-state index is 0.193. The molecule has 122 valence electrons. The number of nitrogens with zero attached hydrogens (tertiary/aromatic N) is 2. The van der Waals surface area contributed by atoms with E-state index < -0.39 is 0 Å². The molecule has 0 saturated heterocycles. The summed E-state index contributed by atoms with van der Waals surface area (Å²) in [5.41, 5.74) is 5.13. The van der Waals surface area contributed by atoms with Crippen LogP contribution in [0.2, 0.25) is 0 Å². The molecule has 2 heterocycles. The molecular formula is C20H20N2O2. The Balaban J connectivity index is 1.48. The van der Waals surface area contributed by atoms with Gasteiger partial charge in [0.25, 0.3) is 0 Å². The monoisotopic (exact) mass is 320 g/mol. The molecular weight excluding hydrogens is 300 g/mol.